The number of H-pyrrole nitrogens is 1. The molecule has 0 atom stereocenters. The maximum Gasteiger partial charge on any atom is 0.141 e. The highest BCUT2D eigenvalue weighted by atomic mass is 16.5. The molecule has 0 unspecified atom stereocenters. The number of hydrogen-bond acceptors (Lipinski definition) is 2. The highest BCUT2D eigenvalue weighted by Crippen LogP contribution is 2.25. The summed E-state index contributed by atoms with van der Waals surface area (Å²) in [4.78, 5) is 3.03. The Labute approximate surface area is 95.5 Å². The maximum absolute atomic E-state index is 5.30. The van der Waals surface area contributed by atoms with Gasteiger partial charge in [-0.1, -0.05) is 6.07 Å². The van der Waals surface area contributed by atoms with Gasteiger partial charge in [0.25, 0.3) is 0 Å². The van der Waals surface area contributed by atoms with E-state index in [1.165, 1.54) is 11.1 Å². The Bertz CT molecular complexity index is 449. The first kappa shape index (κ1) is 10.6. The predicted molar refractivity (Wildman–Crippen MR) is 65.9 cm³/mol. The molecule has 0 aliphatic rings. The van der Waals surface area contributed by atoms with Crippen molar-refractivity contribution in [3.8, 4) is 5.75 Å². The molecule has 2 N–H and O–H groups in total. The third kappa shape index (κ3) is 2.37. The largest absolute Gasteiger partial charge is 0.495 e. The molecule has 2 rings (SSSR count). The Morgan fingerprint density at radius 1 is 1.31 bits per heavy atom. The van der Waals surface area contributed by atoms with Gasteiger partial charge in [-0.3, -0.25) is 0 Å². The molecule has 2 aromatic rings. The van der Waals surface area contributed by atoms with E-state index in [2.05, 4.69) is 29.4 Å². The van der Waals surface area contributed by atoms with Crippen LogP contribution in [-0.4, -0.2) is 12.1 Å². The SMILES string of the molecule is COc1ccc(C)cc1NCc1cc[nH]c1. The van der Waals surface area contributed by atoms with Crippen molar-refractivity contribution >= 4 is 5.69 Å². The summed E-state index contributed by atoms with van der Waals surface area (Å²) in [6.45, 7) is 2.87. The van der Waals surface area contributed by atoms with Crippen LogP contribution in [0.4, 0.5) is 5.69 Å². The van der Waals surface area contributed by atoms with E-state index >= 15 is 0 Å². The van der Waals surface area contributed by atoms with Crippen LogP contribution in [0.3, 0.4) is 0 Å². The van der Waals surface area contributed by atoms with Crippen molar-refractivity contribution in [1.29, 1.82) is 0 Å². The van der Waals surface area contributed by atoms with E-state index in [-0.39, 0.29) is 0 Å². The molecule has 0 fully saturated rings. The van der Waals surface area contributed by atoms with Crippen LogP contribution in [0.5, 0.6) is 5.75 Å². The molecule has 0 radical (unpaired) electrons. The molecule has 3 nitrogen and oxygen atoms in total. The van der Waals surface area contributed by atoms with E-state index in [0.717, 1.165) is 18.0 Å². The average molecular weight is 216 g/mol. The average Bonchev–Trinajstić information content (AvgIpc) is 2.79. The van der Waals surface area contributed by atoms with Crippen molar-refractivity contribution in [3.63, 3.8) is 0 Å². The lowest BCUT2D eigenvalue weighted by molar-refractivity contribution is 0.416. The zero-order chi connectivity index (χ0) is 11.4. The zero-order valence-corrected chi connectivity index (χ0v) is 9.58. The maximum atomic E-state index is 5.30. The normalized spacial score (nSPS) is 10.1. The number of anilines is 1. The van der Waals surface area contributed by atoms with Crippen LogP contribution in [0.15, 0.2) is 36.7 Å². The number of rotatable bonds is 4. The minimum atomic E-state index is 0.795. The van der Waals surface area contributed by atoms with Gasteiger partial charge in [-0.2, -0.15) is 0 Å². The first-order valence-electron chi connectivity index (χ1n) is 5.30. The molecule has 0 saturated carbocycles. The van der Waals surface area contributed by atoms with E-state index in [4.69, 9.17) is 4.74 Å². The van der Waals surface area contributed by atoms with E-state index in [0.29, 0.717) is 0 Å². The molecule has 1 aromatic carbocycles. The van der Waals surface area contributed by atoms with Gasteiger partial charge < -0.3 is 15.0 Å². The number of ether oxygens (including phenoxy) is 1. The molecular formula is C13H16N2O. The minimum absolute atomic E-state index is 0.795. The number of benzene rings is 1. The summed E-state index contributed by atoms with van der Waals surface area (Å²) in [6.07, 6.45) is 3.90. The molecule has 0 amide bonds. The van der Waals surface area contributed by atoms with Crippen LogP contribution in [0.25, 0.3) is 0 Å². The Kier molecular flexibility index (Phi) is 3.15. The molecule has 0 saturated heterocycles. The van der Waals surface area contributed by atoms with Crippen LogP contribution in [0.2, 0.25) is 0 Å². The molecule has 0 spiro atoms. The molecule has 0 aliphatic carbocycles. The smallest absolute Gasteiger partial charge is 0.141 e. The summed E-state index contributed by atoms with van der Waals surface area (Å²) in [5.74, 6) is 0.876. The Morgan fingerprint density at radius 2 is 2.19 bits per heavy atom. The Hall–Kier alpha value is -1.90. The van der Waals surface area contributed by atoms with E-state index in [1.54, 1.807) is 7.11 Å². The van der Waals surface area contributed by atoms with Crippen molar-refractivity contribution in [2.75, 3.05) is 12.4 Å². The second kappa shape index (κ2) is 4.75. The summed E-state index contributed by atoms with van der Waals surface area (Å²) < 4.78 is 5.30. The summed E-state index contributed by atoms with van der Waals surface area (Å²) in [5.41, 5.74) is 3.48. The van der Waals surface area contributed by atoms with Gasteiger partial charge in [-0.15, -0.1) is 0 Å². The minimum Gasteiger partial charge on any atom is -0.495 e. The summed E-state index contributed by atoms with van der Waals surface area (Å²) >= 11 is 0. The van der Waals surface area contributed by atoms with Crippen LogP contribution < -0.4 is 10.1 Å². The van der Waals surface area contributed by atoms with Gasteiger partial charge in [0.15, 0.2) is 0 Å². The number of aromatic amines is 1. The molecule has 1 aromatic heterocycles. The molecule has 3 heteroatoms. The first-order chi connectivity index (χ1) is 7.79. The number of hydrogen-bond donors (Lipinski definition) is 2. The molecule has 84 valence electrons. The van der Waals surface area contributed by atoms with Gasteiger partial charge in [-0.25, -0.2) is 0 Å². The second-order valence-electron chi connectivity index (χ2n) is 3.78. The van der Waals surface area contributed by atoms with Gasteiger partial charge in [0.1, 0.15) is 5.75 Å². The number of aryl methyl sites for hydroxylation is 1. The lowest BCUT2D eigenvalue weighted by atomic mass is 10.2. The highest BCUT2D eigenvalue weighted by molar-refractivity contribution is 5.58. The van der Waals surface area contributed by atoms with E-state index in [1.807, 2.05) is 24.5 Å². The fraction of sp³-hybridized carbons (Fsp3) is 0.231. The monoisotopic (exact) mass is 216 g/mol. The molecule has 16 heavy (non-hydrogen) atoms. The Balaban J connectivity index is 2.11. The third-order valence-corrected chi connectivity index (χ3v) is 2.50. The lowest BCUT2D eigenvalue weighted by Crippen LogP contribution is -2.00. The molecule has 0 aliphatic heterocycles. The van der Waals surface area contributed by atoms with Crippen molar-refractivity contribution in [1.82, 2.24) is 4.98 Å². The number of methoxy groups -OCH3 is 1. The molecular weight excluding hydrogens is 200 g/mol. The zero-order valence-electron chi connectivity index (χ0n) is 9.58. The number of aromatic nitrogens is 1. The second-order valence-corrected chi connectivity index (χ2v) is 3.78. The Morgan fingerprint density at radius 3 is 2.88 bits per heavy atom. The van der Waals surface area contributed by atoms with Gasteiger partial charge >= 0.3 is 0 Å². The van der Waals surface area contributed by atoms with Crippen LogP contribution in [0, 0.1) is 6.92 Å². The first-order valence-corrected chi connectivity index (χ1v) is 5.30. The van der Waals surface area contributed by atoms with Crippen molar-refractivity contribution in [2.24, 2.45) is 0 Å². The highest BCUT2D eigenvalue weighted by Gasteiger charge is 2.02. The quantitative estimate of drug-likeness (QED) is 0.824. The van der Waals surface area contributed by atoms with Crippen LogP contribution in [0.1, 0.15) is 11.1 Å². The van der Waals surface area contributed by atoms with Gasteiger partial charge in [0.2, 0.25) is 0 Å². The standard InChI is InChI=1S/C13H16N2O/c1-10-3-4-13(16-2)12(7-10)15-9-11-5-6-14-8-11/h3-8,14-15H,9H2,1-2H3. The van der Waals surface area contributed by atoms with Crippen LogP contribution in [-0.2, 0) is 6.54 Å². The molecule has 1 heterocycles. The summed E-state index contributed by atoms with van der Waals surface area (Å²) in [7, 11) is 1.69. The topological polar surface area (TPSA) is 37.0 Å². The third-order valence-electron chi connectivity index (χ3n) is 2.50. The predicted octanol–water partition coefficient (Wildman–Crippen LogP) is 2.94. The summed E-state index contributed by atoms with van der Waals surface area (Å²) in [5, 5.41) is 3.36. The van der Waals surface area contributed by atoms with Gasteiger partial charge in [0, 0.05) is 18.9 Å². The molecule has 0 bridgehead atoms. The lowest BCUT2D eigenvalue weighted by Gasteiger charge is -2.11. The van der Waals surface area contributed by atoms with Crippen molar-refractivity contribution in [2.45, 2.75) is 13.5 Å². The van der Waals surface area contributed by atoms with Crippen LogP contribution >= 0.6 is 0 Å². The fourth-order valence-corrected chi connectivity index (χ4v) is 1.63. The number of nitrogens with one attached hydrogen (secondary N) is 2. The summed E-state index contributed by atoms with van der Waals surface area (Å²) in [6, 6.07) is 8.16. The van der Waals surface area contributed by atoms with E-state index < -0.39 is 0 Å². The van der Waals surface area contributed by atoms with E-state index in [9.17, 15) is 0 Å². The van der Waals surface area contributed by atoms with Gasteiger partial charge in [0.05, 0.1) is 12.8 Å². The van der Waals surface area contributed by atoms with Crippen molar-refractivity contribution in [3.05, 3.63) is 47.8 Å². The van der Waals surface area contributed by atoms with Crippen molar-refractivity contribution < 1.29 is 4.74 Å². The van der Waals surface area contributed by atoms with Gasteiger partial charge in [-0.05, 0) is 36.2 Å². The fourth-order valence-electron chi connectivity index (χ4n) is 1.63.